The van der Waals surface area contributed by atoms with Gasteiger partial charge in [0.2, 0.25) is 5.91 Å². The first-order valence-corrected chi connectivity index (χ1v) is 7.72. The molecular formula is C15H13Cl2F3N2O2. The van der Waals surface area contributed by atoms with Gasteiger partial charge < -0.3 is 9.80 Å². The fourth-order valence-corrected chi connectivity index (χ4v) is 2.50. The molecule has 0 bridgehead atoms. The normalized spacial score (nSPS) is 15.9. The van der Waals surface area contributed by atoms with Gasteiger partial charge in [0.15, 0.2) is 0 Å². The molecule has 1 saturated heterocycles. The molecule has 0 saturated carbocycles. The summed E-state index contributed by atoms with van der Waals surface area (Å²) in [6.07, 6.45) is -2.04. The molecule has 1 aromatic carbocycles. The van der Waals surface area contributed by atoms with Crippen molar-refractivity contribution < 1.29 is 22.8 Å². The molecule has 1 aliphatic rings. The van der Waals surface area contributed by atoms with Crippen molar-refractivity contribution in [1.82, 2.24) is 9.80 Å². The number of benzene rings is 1. The van der Waals surface area contributed by atoms with Crippen LogP contribution in [0.5, 0.6) is 0 Å². The van der Waals surface area contributed by atoms with Gasteiger partial charge in [0.1, 0.15) is 0 Å². The van der Waals surface area contributed by atoms with E-state index in [0.717, 1.165) is 0 Å². The van der Waals surface area contributed by atoms with Gasteiger partial charge in [0, 0.05) is 32.3 Å². The minimum Gasteiger partial charge on any atom is -0.336 e. The van der Waals surface area contributed by atoms with Crippen LogP contribution in [0.4, 0.5) is 13.2 Å². The zero-order valence-electron chi connectivity index (χ0n) is 12.3. The van der Waals surface area contributed by atoms with Gasteiger partial charge in [0.05, 0.1) is 10.0 Å². The van der Waals surface area contributed by atoms with Crippen LogP contribution >= 0.6 is 23.2 Å². The van der Waals surface area contributed by atoms with E-state index in [1.165, 1.54) is 17.1 Å². The molecule has 1 fully saturated rings. The highest BCUT2D eigenvalue weighted by atomic mass is 35.5. The fraction of sp³-hybridized carbons (Fsp3) is 0.333. The minimum absolute atomic E-state index is 0.0480. The van der Waals surface area contributed by atoms with Crippen LogP contribution in [0.15, 0.2) is 24.3 Å². The molecule has 24 heavy (non-hydrogen) atoms. The van der Waals surface area contributed by atoms with E-state index in [1.807, 2.05) is 0 Å². The predicted molar refractivity (Wildman–Crippen MR) is 84.7 cm³/mol. The lowest BCUT2D eigenvalue weighted by molar-refractivity contribution is -0.187. The summed E-state index contributed by atoms with van der Waals surface area (Å²) in [4.78, 5) is 25.3. The van der Waals surface area contributed by atoms with Gasteiger partial charge in [-0.1, -0.05) is 29.3 Å². The van der Waals surface area contributed by atoms with Crippen molar-refractivity contribution in [3.05, 3.63) is 39.9 Å². The fourth-order valence-electron chi connectivity index (χ4n) is 2.20. The summed E-state index contributed by atoms with van der Waals surface area (Å²) in [6, 6.07) is 4.86. The van der Waals surface area contributed by atoms with Gasteiger partial charge in [0.25, 0.3) is 0 Å². The molecule has 0 spiro atoms. The quantitative estimate of drug-likeness (QED) is 0.739. The van der Waals surface area contributed by atoms with Crippen molar-refractivity contribution >= 4 is 41.1 Å². The first kappa shape index (κ1) is 18.6. The van der Waals surface area contributed by atoms with E-state index in [4.69, 9.17) is 23.2 Å². The van der Waals surface area contributed by atoms with Crippen molar-refractivity contribution in [3.63, 3.8) is 0 Å². The summed E-state index contributed by atoms with van der Waals surface area (Å²) in [7, 11) is 0. The van der Waals surface area contributed by atoms with Crippen LogP contribution in [0, 0.1) is 0 Å². The van der Waals surface area contributed by atoms with Crippen LogP contribution in [-0.4, -0.2) is 54.0 Å². The lowest BCUT2D eigenvalue weighted by atomic mass is 10.2. The van der Waals surface area contributed by atoms with Crippen molar-refractivity contribution in [2.45, 2.75) is 6.18 Å². The Morgan fingerprint density at radius 3 is 2.12 bits per heavy atom. The summed E-state index contributed by atoms with van der Waals surface area (Å²) in [5.74, 6) is -2.22. The monoisotopic (exact) mass is 380 g/mol. The maximum atomic E-state index is 12.4. The second-order valence-corrected chi connectivity index (χ2v) is 5.94. The van der Waals surface area contributed by atoms with E-state index in [0.29, 0.717) is 20.5 Å². The van der Waals surface area contributed by atoms with Crippen molar-refractivity contribution in [2.24, 2.45) is 0 Å². The minimum atomic E-state index is -4.89. The maximum Gasteiger partial charge on any atom is 0.471 e. The SMILES string of the molecule is O=C(C=Cc1ccc(Cl)c(Cl)c1)N1CCN(C(=O)C(F)(F)F)CC1. The number of carbonyl (C=O) groups excluding carboxylic acids is 2. The van der Waals surface area contributed by atoms with Gasteiger partial charge in [-0.15, -0.1) is 0 Å². The molecule has 1 aliphatic heterocycles. The lowest BCUT2D eigenvalue weighted by Gasteiger charge is -2.34. The van der Waals surface area contributed by atoms with Gasteiger partial charge in [-0.25, -0.2) is 0 Å². The van der Waals surface area contributed by atoms with Crippen LogP contribution in [0.1, 0.15) is 5.56 Å². The second kappa shape index (κ2) is 7.44. The van der Waals surface area contributed by atoms with Gasteiger partial charge in [-0.05, 0) is 23.8 Å². The van der Waals surface area contributed by atoms with Crippen LogP contribution < -0.4 is 0 Å². The third kappa shape index (κ3) is 4.64. The van der Waals surface area contributed by atoms with Crippen LogP contribution in [0.2, 0.25) is 10.0 Å². The Hall–Kier alpha value is -1.73. The predicted octanol–water partition coefficient (Wildman–Crippen LogP) is 3.24. The molecule has 0 aromatic heterocycles. The first-order chi connectivity index (χ1) is 11.2. The summed E-state index contributed by atoms with van der Waals surface area (Å²) < 4.78 is 37.1. The molecule has 9 heteroatoms. The van der Waals surface area contributed by atoms with Gasteiger partial charge in [-0.2, -0.15) is 13.2 Å². The molecule has 4 nitrogen and oxygen atoms in total. The molecule has 0 atom stereocenters. The van der Waals surface area contributed by atoms with Crippen LogP contribution in [-0.2, 0) is 9.59 Å². The molecule has 0 unspecified atom stereocenters. The van der Waals surface area contributed by atoms with Gasteiger partial charge >= 0.3 is 12.1 Å². The van der Waals surface area contributed by atoms with E-state index in [2.05, 4.69) is 0 Å². The number of alkyl halides is 3. The Bertz CT molecular complexity index is 669. The van der Waals surface area contributed by atoms with Crippen LogP contribution in [0.3, 0.4) is 0 Å². The highest BCUT2D eigenvalue weighted by Crippen LogP contribution is 2.23. The molecule has 2 rings (SSSR count). The Balaban J connectivity index is 1.92. The second-order valence-electron chi connectivity index (χ2n) is 5.12. The zero-order valence-corrected chi connectivity index (χ0v) is 13.8. The summed E-state index contributed by atoms with van der Waals surface area (Å²) in [6.45, 7) is -0.200. The number of piperazine rings is 1. The number of rotatable bonds is 2. The Morgan fingerprint density at radius 2 is 1.58 bits per heavy atom. The maximum absolute atomic E-state index is 12.4. The Labute approximate surface area is 146 Å². The van der Waals surface area contributed by atoms with E-state index in [9.17, 15) is 22.8 Å². The van der Waals surface area contributed by atoms with Gasteiger partial charge in [-0.3, -0.25) is 9.59 Å². The molecule has 0 aliphatic carbocycles. The van der Waals surface area contributed by atoms with E-state index in [1.54, 1.807) is 18.2 Å². The van der Waals surface area contributed by atoms with Crippen molar-refractivity contribution in [2.75, 3.05) is 26.2 Å². The number of hydrogen-bond donors (Lipinski definition) is 0. The first-order valence-electron chi connectivity index (χ1n) is 6.96. The van der Waals surface area contributed by atoms with Crippen LogP contribution in [0.25, 0.3) is 6.08 Å². The average Bonchev–Trinajstić information content (AvgIpc) is 2.54. The molecule has 130 valence electrons. The highest BCUT2D eigenvalue weighted by Gasteiger charge is 2.43. The van der Waals surface area contributed by atoms with Crippen molar-refractivity contribution in [1.29, 1.82) is 0 Å². The largest absolute Gasteiger partial charge is 0.471 e. The van der Waals surface area contributed by atoms with E-state index >= 15 is 0 Å². The molecule has 0 N–H and O–H groups in total. The lowest BCUT2D eigenvalue weighted by Crippen LogP contribution is -2.53. The number of hydrogen-bond acceptors (Lipinski definition) is 2. The van der Waals surface area contributed by atoms with E-state index < -0.39 is 12.1 Å². The average molecular weight is 381 g/mol. The van der Waals surface area contributed by atoms with E-state index in [-0.39, 0.29) is 32.1 Å². The number of halogens is 5. The standard InChI is InChI=1S/C15H13Cl2F3N2O2/c16-11-3-1-10(9-12(11)17)2-4-13(23)21-5-7-22(8-6-21)14(24)15(18,19)20/h1-4,9H,5-8H2. The Kier molecular flexibility index (Phi) is 5.77. The third-order valence-corrected chi connectivity index (χ3v) is 4.22. The summed E-state index contributed by atoms with van der Waals surface area (Å²) >= 11 is 11.7. The summed E-state index contributed by atoms with van der Waals surface area (Å²) in [5, 5.41) is 0.746. The molecule has 0 radical (unpaired) electrons. The molecule has 1 aromatic rings. The topological polar surface area (TPSA) is 40.6 Å². The summed E-state index contributed by atoms with van der Waals surface area (Å²) in [5.41, 5.74) is 0.670. The molecule has 1 heterocycles. The molecule has 2 amide bonds. The van der Waals surface area contributed by atoms with Crippen molar-refractivity contribution in [3.8, 4) is 0 Å². The highest BCUT2D eigenvalue weighted by molar-refractivity contribution is 6.42. The number of nitrogens with zero attached hydrogens (tertiary/aromatic N) is 2. The number of amides is 2. The molecular weight excluding hydrogens is 368 g/mol. The third-order valence-electron chi connectivity index (χ3n) is 3.48. The Morgan fingerprint density at radius 1 is 1.00 bits per heavy atom. The zero-order chi connectivity index (χ0) is 17.9. The smallest absolute Gasteiger partial charge is 0.336 e. The number of carbonyl (C=O) groups is 2.